The molecule has 0 radical (unpaired) electrons. The fourth-order valence-electron chi connectivity index (χ4n) is 3.27. The van der Waals surface area contributed by atoms with Crippen molar-refractivity contribution in [1.29, 1.82) is 0 Å². The zero-order valence-corrected chi connectivity index (χ0v) is 16.8. The largest absolute Gasteiger partial charge is 0.458 e. The molecule has 0 aromatic carbocycles. The van der Waals surface area contributed by atoms with Crippen LogP contribution < -0.4 is 0 Å². The Morgan fingerprint density at radius 1 is 1.17 bits per heavy atom. The summed E-state index contributed by atoms with van der Waals surface area (Å²) >= 11 is 0. The van der Waals surface area contributed by atoms with Crippen LogP contribution in [-0.2, 0) is 24.0 Å². The van der Waals surface area contributed by atoms with Crippen molar-refractivity contribution in [3.63, 3.8) is 0 Å². The van der Waals surface area contributed by atoms with E-state index in [4.69, 9.17) is 4.84 Å². The number of nitrogens with zero attached hydrogens (tertiary/aromatic N) is 1. The van der Waals surface area contributed by atoms with Crippen LogP contribution in [0.5, 0.6) is 0 Å². The number of ether oxygens (including phenoxy) is 1. The van der Waals surface area contributed by atoms with E-state index in [1.807, 2.05) is 6.08 Å². The molecule has 8 heteroatoms. The molecule has 2 amide bonds. The Balaban J connectivity index is 1.66. The molecule has 160 valence electrons. The van der Waals surface area contributed by atoms with Gasteiger partial charge in [0.2, 0.25) is 0 Å². The van der Waals surface area contributed by atoms with Gasteiger partial charge < -0.3 is 4.74 Å². The zero-order chi connectivity index (χ0) is 21.9. The Bertz CT molecular complexity index is 908. The topological polar surface area (TPSA) is 72.9 Å². The summed E-state index contributed by atoms with van der Waals surface area (Å²) in [6, 6.07) is 0. The van der Waals surface area contributed by atoms with Crippen molar-refractivity contribution in [1.82, 2.24) is 5.06 Å². The summed E-state index contributed by atoms with van der Waals surface area (Å²) in [6.45, 7) is 2.86. The van der Waals surface area contributed by atoms with E-state index in [1.165, 1.54) is 26.0 Å². The molecule has 0 fully saturated rings. The normalized spacial score (nSPS) is 24.1. The Morgan fingerprint density at radius 2 is 1.93 bits per heavy atom. The average molecular weight is 419 g/mol. The van der Waals surface area contributed by atoms with Gasteiger partial charge in [0.1, 0.15) is 6.61 Å². The molecule has 0 aromatic rings. The molecule has 0 unspecified atom stereocenters. The third kappa shape index (κ3) is 4.48. The molecule has 3 rings (SSSR count). The quantitative estimate of drug-likeness (QED) is 0.373. The first-order valence-corrected chi connectivity index (χ1v) is 9.77. The molecule has 0 aromatic heterocycles. The summed E-state index contributed by atoms with van der Waals surface area (Å²) < 4.78 is 33.6. The molecular weight excluding hydrogens is 396 g/mol. The second-order valence-corrected chi connectivity index (χ2v) is 7.39. The summed E-state index contributed by atoms with van der Waals surface area (Å²) in [5.74, 6) is -6.34. The molecule has 0 N–H and O–H groups in total. The maximum absolute atomic E-state index is 14.5. The smallest absolute Gasteiger partial charge is 0.381 e. The van der Waals surface area contributed by atoms with E-state index in [-0.39, 0.29) is 25.0 Å². The Kier molecular flexibility index (Phi) is 6.45. The van der Waals surface area contributed by atoms with Crippen LogP contribution >= 0.6 is 0 Å². The number of halogens is 2. The first-order chi connectivity index (χ1) is 14.2. The highest BCUT2D eigenvalue weighted by molar-refractivity contribution is 6.20. The molecule has 1 heterocycles. The summed E-state index contributed by atoms with van der Waals surface area (Å²) in [4.78, 5) is 41.9. The minimum Gasteiger partial charge on any atom is -0.458 e. The molecule has 30 heavy (non-hydrogen) atoms. The summed E-state index contributed by atoms with van der Waals surface area (Å²) in [6.07, 6.45) is 10.0. The van der Waals surface area contributed by atoms with E-state index < -0.39 is 29.8 Å². The van der Waals surface area contributed by atoms with Crippen molar-refractivity contribution in [3.8, 4) is 0 Å². The predicted molar refractivity (Wildman–Crippen MR) is 104 cm³/mol. The third-order valence-corrected chi connectivity index (χ3v) is 4.81. The number of rotatable bonds is 6. The fourth-order valence-corrected chi connectivity index (χ4v) is 3.27. The van der Waals surface area contributed by atoms with Crippen LogP contribution in [0.25, 0.3) is 0 Å². The van der Waals surface area contributed by atoms with Gasteiger partial charge in [0.15, 0.2) is 0 Å². The Labute approximate surface area is 173 Å². The van der Waals surface area contributed by atoms with Crippen LogP contribution in [0.4, 0.5) is 8.78 Å². The summed E-state index contributed by atoms with van der Waals surface area (Å²) in [5.41, 5.74) is 0.903. The highest BCUT2D eigenvalue weighted by Crippen LogP contribution is 2.32. The zero-order valence-electron chi connectivity index (χ0n) is 16.8. The van der Waals surface area contributed by atoms with Crippen molar-refractivity contribution in [2.75, 3.05) is 6.61 Å². The van der Waals surface area contributed by atoms with Gasteiger partial charge in [-0.15, -0.1) is 5.06 Å². The van der Waals surface area contributed by atoms with Gasteiger partial charge in [0.05, 0.1) is 11.7 Å². The predicted octanol–water partition coefficient (Wildman–Crippen LogP) is 3.72. The number of carbonyl (C=O) groups excluding carboxylic acids is 3. The van der Waals surface area contributed by atoms with Crippen LogP contribution in [0.1, 0.15) is 39.5 Å². The summed E-state index contributed by atoms with van der Waals surface area (Å²) in [7, 11) is 0. The molecule has 0 bridgehead atoms. The van der Waals surface area contributed by atoms with Crippen LogP contribution in [-0.4, -0.2) is 41.5 Å². The number of esters is 1. The summed E-state index contributed by atoms with van der Waals surface area (Å²) in [5, 5.41) is 0.721. The van der Waals surface area contributed by atoms with Crippen LogP contribution in [0, 0.1) is 0 Å². The van der Waals surface area contributed by atoms with Gasteiger partial charge in [-0.1, -0.05) is 36.5 Å². The van der Waals surface area contributed by atoms with Crippen molar-refractivity contribution in [2.24, 2.45) is 0 Å². The molecule has 0 atom stereocenters. The lowest BCUT2D eigenvalue weighted by atomic mass is 9.99. The lowest BCUT2D eigenvalue weighted by molar-refractivity contribution is -0.183. The van der Waals surface area contributed by atoms with E-state index >= 15 is 0 Å². The number of hydrogen-bond acceptors (Lipinski definition) is 5. The first-order valence-electron chi connectivity index (χ1n) is 9.77. The number of carbonyl (C=O) groups is 3. The SMILES string of the molecule is CC(C)OC(=O)C(F)(F)/C1=C/C/C=C\C(CON2C(=O)C3=C(CCC=C3)C2=O)=C/C1. The Morgan fingerprint density at radius 3 is 2.63 bits per heavy atom. The van der Waals surface area contributed by atoms with Gasteiger partial charge in [-0.2, -0.15) is 8.78 Å². The van der Waals surface area contributed by atoms with Crippen molar-refractivity contribution < 1.29 is 32.7 Å². The second-order valence-electron chi connectivity index (χ2n) is 7.39. The van der Waals surface area contributed by atoms with Gasteiger partial charge >= 0.3 is 11.9 Å². The number of amides is 2. The van der Waals surface area contributed by atoms with Crippen LogP contribution in [0.3, 0.4) is 0 Å². The molecule has 0 saturated heterocycles. The monoisotopic (exact) mass is 419 g/mol. The molecule has 1 aliphatic heterocycles. The lowest BCUT2D eigenvalue weighted by Gasteiger charge is -2.20. The number of hydroxylamine groups is 2. The first kappa shape index (κ1) is 21.8. The van der Waals surface area contributed by atoms with Gasteiger partial charge in [0, 0.05) is 11.1 Å². The maximum atomic E-state index is 14.5. The van der Waals surface area contributed by atoms with Crippen LogP contribution in [0.2, 0.25) is 0 Å². The number of imide groups is 1. The number of alkyl halides is 2. The van der Waals surface area contributed by atoms with Gasteiger partial charge in [-0.25, -0.2) is 4.79 Å². The van der Waals surface area contributed by atoms with Gasteiger partial charge in [0.25, 0.3) is 11.8 Å². The van der Waals surface area contributed by atoms with Gasteiger partial charge in [-0.05, 0) is 45.1 Å². The minimum absolute atomic E-state index is 0.145. The molecular formula is C22H23F2NO5. The van der Waals surface area contributed by atoms with E-state index in [2.05, 4.69) is 4.74 Å². The molecule has 2 aliphatic carbocycles. The maximum Gasteiger partial charge on any atom is 0.381 e. The lowest BCUT2D eigenvalue weighted by Crippen LogP contribution is -2.34. The minimum atomic E-state index is -3.74. The fraction of sp³-hybridized carbons (Fsp3) is 0.409. The van der Waals surface area contributed by atoms with E-state index in [9.17, 15) is 23.2 Å². The molecule has 6 nitrogen and oxygen atoms in total. The third-order valence-electron chi connectivity index (χ3n) is 4.81. The van der Waals surface area contributed by atoms with Crippen molar-refractivity contribution in [2.45, 2.75) is 51.6 Å². The number of hydrogen-bond donors (Lipinski definition) is 0. The molecule has 0 saturated carbocycles. The van der Waals surface area contributed by atoms with E-state index in [0.717, 1.165) is 5.06 Å². The average Bonchev–Trinajstić information content (AvgIpc) is 2.91. The molecule has 0 spiro atoms. The molecule has 3 aliphatic rings. The highest BCUT2D eigenvalue weighted by atomic mass is 19.3. The highest BCUT2D eigenvalue weighted by Gasteiger charge is 2.44. The second kappa shape index (κ2) is 8.87. The van der Waals surface area contributed by atoms with Crippen LogP contribution in [0.15, 0.2) is 58.7 Å². The Hall–Kier alpha value is -2.87. The number of allylic oxidation sites excluding steroid dienone is 4. The van der Waals surface area contributed by atoms with Crippen molar-refractivity contribution >= 4 is 17.8 Å². The van der Waals surface area contributed by atoms with E-state index in [0.29, 0.717) is 29.6 Å². The van der Waals surface area contributed by atoms with Gasteiger partial charge in [-0.3, -0.25) is 14.4 Å². The standard InChI is InChI=1S/C22H23F2NO5/c1-14(2)30-21(28)22(23,24)16-8-4-3-7-15(11-12-16)13-29-25-19(26)17-9-5-6-10-18(17)20(25)27/h3,5,7-9,11,14H,4,6,10,12-13H2,1-2H3/b7-3-,15-11+,16-8+. The van der Waals surface area contributed by atoms with E-state index in [1.54, 1.807) is 18.2 Å². The van der Waals surface area contributed by atoms with Crippen molar-refractivity contribution in [3.05, 3.63) is 58.7 Å².